The molecule has 0 radical (unpaired) electrons. The van der Waals surface area contributed by atoms with Gasteiger partial charge in [0.15, 0.2) is 5.78 Å². The Bertz CT molecular complexity index is 1160. The zero-order valence-corrected chi connectivity index (χ0v) is 19.1. The van der Waals surface area contributed by atoms with Crippen LogP contribution in [0.2, 0.25) is 0 Å². The lowest BCUT2D eigenvalue weighted by Gasteiger charge is -2.58. The Morgan fingerprint density at radius 2 is 1.81 bits per heavy atom. The van der Waals surface area contributed by atoms with E-state index in [2.05, 4.69) is 67.4 Å². The van der Waals surface area contributed by atoms with Crippen LogP contribution in [0.1, 0.15) is 63.0 Å². The topological polar surface area (TPSA) is 30.0 Å². The summed E-state index contributed by atoms with van der Waals surface area (Å²) in [4.78, 5) is 16.9. The molecule has 162 valence electrons. The van der Waals surface area contributed by atoms with Crippen LogP contribution in [-0.2, 0) is 4.79 Å². The average molecular weight is 422 g/mol. The van der Waals surface area contributed by atoms with Crippen LogP contribution in [0.4, 0.5) is 0 Å². The first-order chi connectivity index (χ1) is 15.5. The Morgan fingerprint density at radius 3 is 2.59 bits per heavy atom. The molecule has 32 heavy (non-hydrogen) atoms. The molecule has 0 spiro atoms. The van der Waals surface area contributed by atoms with Crippen LogP contribution in [-0.4, -0.2) is 10.8 Å². The third-order valence-corrected chi connectivity index (χ3v) is 9.23. The molecule has 4 aliphatic rings. The monoisotopic (exact) mass is 421 g/mol. The summed E-state index contributed by atoms with van der Waals surface area (Å²) in [7, 11) is 0. The molecule has 6 rings (SSSR count). The summed E-state index contributed by atoms with van der Waals surface area (Å²) in [6.45, 7) is 4.92. The van der Waals surface area contributed by atoms with Gasteiger partial charge in [-0.3, -0.25) is 9.78 Å². The molecule has 2 fully saturated rings. The van der Waals surface area contributed by atoms with Gasteiger partial charge in [-0.05, 0) is 71.8 Å². The molecule has 0 N–H and O–H groups in total. The summed E-state index contributed by atoms with van der Waals surface area (Å²) in [5.74, 6) is 1.82. The number of aromatic nitrogens is 1. The third kappa shape index (κ3) is 2.78. The summed E-state index contributed by atoms with van der Waals surface area (Å²) in [5.41, 5.74) is 7.27. The van der Waals surface area contributed by atoms with E-state index in [-0.39, 0.29) is 10.8 Å². The number of benzene rings is 1. The number of fused-ring (bicyclic) bond motifs is 5. The number of ketones is 1. The van der Waals surface area contributed by atoms with Crippen molar-refractivity contribution in [2.75, 3.05) is 0 Å². The van der Waals surface area contributed by atoms with Crippen molar-refractivity contribution in [2.45, 2.75) is 51.9 Å². The Balaban J connectivity index is 1.43. The van der Waals surface area contributed by atoms with E-state index in [1.807, 2.05) is 24.5 Å². The molecule has 2 aromatic rings. The van der Waals surface area contributed by atoms with E-state index < -0.39 is 0 Å². The molecule has 0 amide bonds. The second-order valence-corrected chi connectivity index (χ2v) is 10.7. The zero-order chi connectivity index (χ0) is 21.9. The van der Waals surface area contributed by atoms with Crippen molar-refractivity contribution in [3.63, 3.8) is 0 Å². The number of hydrogen-bond donors (Lipinski definition) is 0. The van der Waals surface area contributed by atoms with E-state index in [1.54, 1.807) is 5.57 Å². The summed E-state index contributed by atoms with van der Waals surface area (Å²) >= 11 is 0. The highest BCUT2D eigenvalue weighted by molar-refractivity contribution is 5.92. The fraction of sp³-hybridized carbons (Fsp3) is 0.400. The first-order valence-corrected chi connectivity index (χ1v) is 12.1. The molecular formula is C30H31NO. The number of rotatable bonds is 2. The van der Waals surface area contributed by atoms with Gasteiger partial charge in [0.05, 0.1) is 0 Å². The van der Waals surface area contributed by atoms with Crippen molar-refractivity contribution in [1.82, 2.24) is 4.98 Å². The second kappa shape index (κ2) is 7.13. The lowest BCUT2D eigenvalue weighted by atomic mass is 9.46. The predicted octanol–water partition coefficient (Wildman–Crippen LogP) is 6.92. The molecule has 3 unspecified atom stereocenters. The molecule has 2 heteroatoms. The minimum atomic E-state index is 0.0908. The standard InChI is InChI=1S/C30H31NO/c1-29-15-13-27-24(26(29)11-10-25(29)21-9-6-16-31-19-21)18-23(20-7-4-3-5-8-20)28-17-22(32)12-14-30(27,28)2/h3-11,16-17,19,23-24,27H,12-15,18H2,1-2H3/t23?,24?,27?,29-,30-/m1/s1. The predicted molar refractivity (Wildman–Crippen MR) is 129 cm³/mol. The second-order valence-electron chi connectivity index (χ2n) is 10.7. The number of allylic oxidation sites excluding steroid dienone is 6. The van der Waals surface area contributed by atoms with Gasteiger partial charge < -0.3 is 0 Å². The van der Waals surface area contributed by atoms with E-state index in [9.17, 15) is 4.79 Å². The van der Waals surface area contributed by atoms with Gasteiger partial charge in [-0.2, -0.15) is 0 Å². The van der Waals surface area contributed by atoms with Crippen molar-refractivity contribution >= 4 is 11.4 Å². The molecule has 1 aromatic heterocycles. The fourth-order valence-corrected chi connectivity index (χ4v) is 7.58. The van der Waals surface area contributed by atoms with Gasteiger partial charge in [0.2, 0.25) is 0 Å². The van der Waals surface area contributed by atoms with Crippen LogP contribution >= 0.6 is 0 Å². The maximum Gasteiger partial charge on any atom is 0.155 e. The largest absolute Gasteiger partial charge is 0.295 e. The lowest BCUT2D eigenvalue weighted by Crippen LogP contribution is -2.49. The summed E-state index contributed by atoms with van der Waals surface area (Å²) in [6.07, 6.45) is 15.9. The highest BCUT2D eigenvalue weighted by Gasteiger charge is 2.56. The summed E-state index contributed by atoms with van der Waals surface area (Å²) < 4.78 is 0. The highest BCUT2D eigenvalue weighted by atomic mass is 16.1. The van der Waals surface area contributed by atoms with Crippen LogP contribution in [0.3, 0.4) is 0 Å². The normalized spacial score (nSPS) is 35.8. The molecule has 1 heterocycles. The molecular weight excluding hydrogens is 390 g/mol. The van der Waals surface area contributed by atoms with E-state index in [0.29, 0.717) is 30.0 Å². The third-order valence-electron chi connectivity index (χ3n) is 9.23. The fourth-order valence-electron chi connectivity index (χ4n) is 7.58. The van der Waals surface area contributed by atoms with Gasteiger partial charge in [-0.1, -0.05) is 73.5 Å². The van der Waals surface area contributed by atoms with Crippen molar-refractivity contribution in [3.05, 3.63) is 95.4 Å². The lowest BCUT2D eigenvalue weighted by molar-refractivity contribution is -0.116. The van der Waals surface area contributed by atoms with E-state index >= 15 is 0 Å². The molecule has 4 aliphatic carbocycles. The first-order valence-electron chi connectivity index (χ1n) is 12.1. The van der Waals surface area contributed by atoms with Gasteiger partial charge in [-0.15, -0.1) is 0 Å². The number of hydrogen-bond acceptors (Lipinski definition) is 2. The van der Waals surface area contributed by atoms with E-state index in [0.717, 1.165) is 12.8 Å². The average Bonchev–Trinajstić information content (AvgIpc) is 3.18. The molecule has 1 aromatic carbocycles. The van der Waals surface area contributed by atoms with Gasteiger partial charge in [-0.25, -0.2) is 0 Å². The van der Waals surface area contributed by atoms with Crippen molar-refractivity contribution in [1.29, 1.82) is 0 Å². The molecule has 2 saturated carbocycles. The van der Waals surface area contributed by atoms with Crippen molar-refractivity contribution < 1.29 is 4.79 Å². The van der Waals surface area contributed by atoms with E-state index in [4.69, 9.17) is 0 Å². The number of carbonyl (C=O) groups excluding carboxylic acids is 1. The van der Waals surface area contributed by atoms with Crippen LogP contribution in [0, 0.1) is 22.7 Å². The Labute approximate surface area is 191 Å². The number of pyridine rings is 1. The highest BCUT2D eigenvalue weighted by Crippen LogP contribution is 2.67. The number of carbonyl (C=O) groups is 1. The quantitative estimate of drug-likeness (QED) is 0.527. The number of nitrogens with zero attached hydrogens (tertiary/aromatic N) is 1. The first kappa shape index (κ1) is 19.9. The van der Waals surface area contributed by atoms with Gasteiger partial charge in [0, 0.05) is 30.1 Å². The molecule has 5 atom stereocenters. The van der Waals surface area contributed by atoms with Gasteiger partial charge in [0.1, 0.15) is 0 Å². The minimum Gasteiger partial charge on any atom is -0.295 e. The van der Waals surface area contributed by atoms with Crippen LogP contribution in [0.25, 0.3) is 5.57 Å². The SMILES string of the molecule is C[C@]12CCC3C(CC(c4ccccc4)C4=CC(=O)CC[C@@]43C)C1=CC=C2c1cccnc1. The molecule has 0 saturated heterocycles. The zero-order valence-electron chi connectivity index (χ0n) is 19.1. The van der Waals surface area contributed by atoms with Gasteiger partial charge in [0.25, 0.3) is 0 Å². The molecule has 0 bridgehead atoms. The van der Waals surface area contributed by atoms with Crippen LogP contribution in [0.5, 0.6) is 0 Å². The summed E-state index contributed by atoms with van der Waals surface area (Å²) in [6, 6.07) is 15.2. The molecule has 0 aliphatic heterocycles. The van der Waals surface area contributed by atoms with Crippen molar-refractivity contribution in [3.8, 4) is 0 Å². The minimum absolute atomic E-state index is 0.0908. The van der Waals surface area contributed by atoms with Gasteiger partial charge >= 0.3 is 0 Å². The van der Waals surface area contributed by atoms with Crippen LogP contribution < -0.4 is 0 Å². The Hall–Kier alpha value is -2.74. The maximum atomic E-state index is 12.5. The van der Waals surface area contributed by atoms with E-state index in [1.165, 1.54) is 35.1 Å². The maximum absolute atomic E-state index is 12.5. The summed E-state index contributed by atoms with van der Waals surface area (Å²) in [5, 5.41) is 0. The molecule has 2 nitrogen and oxygen atoms in total. The Morgan fingerprint density at radius 1 is 0.969 bits per heavy atom. The van der Waals surface area contributed by atoms with Crippen molar-refractivity contribution in [2.24, 2.45) is 22.7 Å². The Kier molecular flexibility index (Phi) is 4.44. The smallest absolute Gasteiger partial charge is 0.155 e. The van der Waals surface area contributed by atoms with Crippen LogP contribution in [0.15, 0.2) is 84.2 Å².